The quantitative estimate of drug-likeness (QED) is 0.909. The highest BCUT2D eigenvalue weighted by molar-refractivity contribution is 9.10. The number of aliphatic hydroxyl groups is 1. The number of benzene rings is 1. The molecule has 3 heteroatoms. The molecule has 0 bridgehead atoms. The normalized spacial score (nSPS) is 11.1. The van der Waals surface area contributed by atoms with Crippen LogP contribution in [0.3, 0.4) is 0 Å². The van der Waals surface area contributed by atoms with Gasteiger partial charge in [-0.3, -0.25) is 0 Å². The van der Waals surface area contributed by atoms with Crippen LogP contribution in [-0.2, 0) is 13.0 Å². The van der Waals surface area contributed by atoms with Crippen LogP contribution in [0.2, 0.25) is 0 Å². The second-order valence-electron chi connectivity index (χ2n) is 3.53. The molecule has 1 aromatic heterocycles. The Hall–Kier alpha value is -0.800. The van der Waals surface area contributed by atoms with Crippen molar-refractivity contribution in [3.63, 3.8) is 0 Å². The van der Waals surface area contributed by atoms with Crippen molar-refractivity contribution in [3.05, 3.63) is 34.4 Å². The molecule has 0 radical (unpaired) electrons. The Morgan fingerprint density at radius 2 is 2.20 bits per heavy atom. The molecule has 2 aromatic rings. The Bertz CT molecular complexity index is 476. The van der Waals surface area contributed by atoms with Crippen molar-refractivity contribution in [3.8, 4) is 0 Å². The van der Waals surface area contributed by atoms with Gasteiger partial charge in [-0.05, 0) is 35.0 Å². The van der Waals surface area contributed by atoms with Gasteiger partial charge in [0.25, 0.3) is 0 Å². The number of para-hydroxylation sites is 1. The monoisotopic (exact) mass is 267 g/mol. The molecule has 1 aromatic carbocycles. The maximum atomic E-state index is 9.01. The van der Waals surface area contributed by atoms with Gasteiger partial charge in [0.15, 0.2) is 0 Å². The lowest BCUT2D eigenvalue weighted by molar-refractivity contribution is 0.296. The summed E-state index contributed by atoms with van der Waals surface area (Å²) in [4.78, 5) is 0. The van der Waals surface area contributed by atoms with E-state index in [0.29, 0.717) is 0 Å². The van der Waals surface area contributed by atoms with Gasteiger partial charge in [0.2, 0.25) is 0 Å². The second kappa shape index (κ2) is 4.37. The highest BCUT2D eigenvalue weighted by Gasteiger charge is 2.09. The van der Waals surface area contributed by atoms with E-state index in [1.807, 2.05) is 6.07 Å². The maximum absolute atomic E-state index is 9.01. The van der Waals surface area contributed by atoms with Crippen LogP contribution in [0.15, 0.2) is 28.7 Å². The van der Waals surface area contributed by atoms with Crippen LogP contribution in [0.25, 0.3) is 10.9 Å². The summed E-state index contributed by atoms with van der Waals surface area (Å²) in [5, 5.41) is 10.2. The van der Waals surface area contributed by atoms with Crippen LogP contribution in [-0.4, -0.2) is 16.3 Å². The minimum Gasteiger partial charge on any atom is -0.396 e. The van der Waals surface area contributed by atoms with Crippen LogP contribution < -0.4 is 0 Å². The summed E-state index contributed by atoms with van der Waals surface area (Å²) >= 11 is 3.57. The number of nitrogens with zero attached hydrogens (tertiary/aromatic N) is 1. The highest BCUT2D eigenvalue weighted by Crippen LogP contribution is 2.27. The summed E-state index contributed by atoms with van der Waals surface area (Å²) in [5.74, 6) is 0. The molecule has 0 saturated carbocycles. The minimum absolute atomic E-state index is 0.202. The molecule has 0 atom stereocenters. The molecule has 15 heavy (non-hydrogen) atoms. The van der Waals surface area contributed by atoms with E-state index in [9.17, 15) is 0 Å². The van der Waals surface area contributed by atoms with Crippen molar-refractivity contribution in [2.24, 2.45) is 0 Å². The molecule has 0 fully saturated rings. The molecule has 0 amide bonds. The number of halogens is 1. The van der Waals surface area contributed by atoms with Crippen molar-refractivity contribution in [2.75, 3.05) is 6.61 Å². The smallest absolute Gasteiger partial charge is 0.0626 e. The Labute approximate surface area is 97.7 Å². The van der Waals surface area contributed by atoms with E-state index >= 15 is 0 Å². The zero-order chi connectivity index (χ0) is 10.8. The molecule has 0 aliphatic carbocycles. The molecule has 0 aliphatic heterocycles. The standard InChI is InChI=1S/C12H14BrNO/c1-2-14-10(6-7-15)8-9-4-3-5-11(13)12(9)14/h3-5,8,15H,2,6-7H2,1H3. The molecule has 0 aliphatic rings. The van der Waals surface area contributed by atoms with Crippen LogP contribution in [0, 0.1) is 0 Å². The molecule has 0 unspecified atom stereocenters. The van der Waals surface area contributed by atoms with Gasteiger partial charge >= 0.3 is 0 Å². The molecule has 80 valence electrons. The van der Waals surface area contributed by atoms with Crippen LogP contribution in [0.1, 0.15) is 12.6 Å². The number of aliphatic hydroxyl groups excluding tert-OH is 1. The lowest BCUT2D eigenvalue weighted by atomic mass is 10.2. The van der Waals surface area contributed by atoms with Gasteiger partial charge < -0.3 is 9.67 Å². The number of fused-ring (bicyclic) bond motifs is 1. The van der Waals surface area contributed by atoms with Crippen molar-refractivity contribution in [1.82, 2.24) is 4.57 Å². The zero-order valence-corrected chi connectivity index (χ0v) is 10.3. The summed E-state index contributed by atoms with van der Waals surface area (Å²) in [6, 6.07) is 8.35. The molecule has 0 spiro atoms. The van der Waals surface area contributed by atoms with Gasteiger partial charge in [-0.15, -0.1) is 0 Å². The van der Waals surface area contributed by atoms with Gasteiger partial charge in [0, 0.05) is 35.1 Å². The summed E-state index contributed by atoms with van der Waals surface area (Å²) in [7, 11) is 0. The molecule has 1 heterocycles. The Morgan fingerprint density at radius 1 is 1.40 bits per heavy atom. The zero-order valence-electron chi connectivity index (χ0n) is 8.70. The third-order valence-electron chi connectivity index (χ3n) is 2.64. The highest BCUT2D eigenvalue weighted by atomic mass is 79.9. The second-order valence-corrected chi connectivity index (χ2v) is 4.39. The third-order valence-corrected chi connectivity index (χ3v) is 3.28. The van der Waals surface area contributed by atoms with Crippen molar-refractivity contribution in [1.29, 1.82) is 0 Å². The minimum atomic E-state index is 0.202. The lowest BCUT2D eigenvalue weighted by Gasteiger charge is -2.07. The lowest BCUT2D eigenvalue weighted by Crippen LogP contribution is -2.02. The predicted octanol–water partition coefficient (Wildman–Crippen LogP) is 2.96. The summed E-state index contributed by atoms with van der Waals surface area (Å²) < 4.78 is 3.36. The van der Waals surface area contributed by atoms with Crippen molar-refractivity contribution < 1.29 is 5.11 Å². The summed E-state index contributed by atoms with van der Waals surface area (Å²) in [5.41, 5.74) is 2.42. The Morgan fingerprint density at radius 3 is 2.87 bits per heavy atom. The molecule has 2 nitrogen and oxygen atoms in total. The third kappa shape index (κ3) is 1.82. The first-order chi connectivity index (χ1) is 7.27. The maximum Gasteiger partial charge on any atom is 0.0626 e. The van der Waals surface area contributed by atoms with E-state index in [4.69, 9.17) is 5.11 Å². The fourth-order valence-corrected chi connectivity index (χ4v) is 2.61. The van der Waals surface area contributed by atoms with E-state index in [1.54, 1.807) is 0 Å². The molecular weight excluding hydrogens is 254 g/mol. The summed E-state index contributed by atoms with van der Waals surface area (Å²) in [6.07, 6.45) is 0.717. The van der Waals surface area contributed by atoms with Crippen LogP contribution >= 0.6 is 15.9 Å². The van der Waals surface area contributed by atoms with Crippen LogP contribution in [0.4, 0.5) is 0 Å². The van der Waals surface area contributed by atoms with Gasteiger partial charge in [-0.2, -0.15) is 0 Å². The van der Waals surface area contributed by atoms with Gasteiger partial charge in [0.1, 0.15) is 0 Å². The van der Waals surface area contributed by atoms with E-state index < -0.39 is 0 Å². The van der Waals surface area contributed by atoms with Crippen molar-refractivity contribution >= 4 is 26.8 Å². The molecular formula is C12H14BrNO. The Balaban J connectivity index is 2.68. The van der Waals surface area contributed by atoms with E-state index in [0.717, 1.165) is 17.4 Å². The fourth-order valence-electron chi connectivity index (χ4n) is 2.02. The first-order valence-corrected chi connectivity index (χ1v) is 5.94. The SMILES string of the molecule is CCn1c(CCO)cc2cccc(Br)c21. The number of rotatable bonds is 3. The first-order valence-electron chi connectivity index (χ1n) is 5.15. The van der Waals surface area contributed by atoms with Gasteiger partial charge in [0.05, 0.1) is 5.52 Å². The van der Waals surface area contributed by atoms with Crippen molar-refractivity contribution in [2.45, 2.75) is 19.9 Å². The fraction of sp³-hybridized carbons (Fsp3) is 0.333. The van der Waals surface area contributed by atoms with Crippen LogP contribution in [0.5, 0.6) is 0 Å². The molecule has 2 rings (SSSR count). The molecule has 1 N–H and O–H groups in total. The van der Waals surface area contributed by atoms with Gasteiger partial charge in [-0.1, -0.05) is 12.1 Å². The van der Waals surface area contributed by atoms with Gasteiger partial charge in [-0.25, -0.2) is 0 Å². The topological polar surface area (TPSA) is 25.2 Å². The average molecular weight is 268 g/mol. The number of aryl methyl sites for hydroxylation is 1. The summed E-state index contributed by atoms with van der Waals surface area (Å²) in [6.45, 7) is 3.26. The number of aromatic nitrogens is 1. The van der Waals surface area contributed by atoms with E-state index in [2.05, 4.69) is 45.6 Å². The van der Waals surface area contributed by atoms with E-state index in [1.165, 1.54) is 16.6 Å². The Kier molecular flexibility index (Phi) is 3.12. The van der Waals surface area contributed by atoms with E-state index in [-0.39, 0.29) is 6.61 Å². The first kappa shape index (κ1) is 10.7. The average Bonchev–Trinajstić information content (AvgIpc) is 2.57. The number of hydrogen-bond donors (Lipinski definition) is 1. The number of hydrogen-bond acceptors (Lipinski definition) is 1. The predicted molar refractivity (Wildman–Crippen MR) is 66.1 cm³/mol. The molecule has 0 saturated heterocycles. The largest absolute Gasteiger partial charge is 0.396 e.